The second-order valence-corrected chi connectivity index (χ2v) is 12.8. The third-order valence-corrected chi connectivity index (χ3v) is 9.68. The predicted octanol–water partition coefficient (Wildman–Crippen LogP) is 8.69. The molecule has 2 atom stereocenters. The highest BCUT2D eigenvalue weighted by Gasteiger charge is 2.40. The summed E-state index contributed by atoms with van der Waals surface area (Å²) in [5.74, 6) is 0. The van der Waals surface area contributed by atoms with E-state index in [2.05, 4.69) is 21.5 Å². The summed E-state index contributed by atoms with van der Waals surface area (Å²) in [5.41, 5.74) is 1.86. The summed E-state index contributed by atoms with van der Waals surface area (Å²) in [6.07, 6.45) is 2.12. The Morgan fingerprint density at radius 2 is 1.43 bits per heavy atom. The van der Waals surface area contributed by atoms with E-state index < -0.39 is 23.5 Å². The zero-order chi connectivity index (χ0) is 33.5. The van der Waals surface area contributed by atoms with Crippen LogP contribution in [0, 0.1) is 19.9 Å². The van der Waals surface area contributed by atoms with Crippen molar-refractivity contribution >= 4 is 12.3 Å². The zero-order valence-corrected chi connectivity index (χ0v) is 26.5. The maximum Gasteiger partial charge on any atom is 0.417 e. The molecule has 3 aliphatic heterocycles. The van der Waals surface area contributed by atoms with Crippen molar-refractivity contribution in [1.29, 1.82) is 0 Å². The molecule has 3 aromatic rings. The van der Waals surface area contributed by atoms with Gasteiger partial charge in [0, 0.05) is 36.9 Å². The Labute approximate surface area is 271 Å². The number of alkyl halides is 6. The maximum atomic E-state index is 13.8. The number of pyridine rings is 1. The van der Waals surface area contributed by atoms with Crippen LogP contribution in [-0.2, 0) is 18.9 Å². The molecule has 2 fully saturated rings. The van der Waals surface area contributed by atoms with Gasteiger partial charge >= 0.3 is 12.4 Å². The van der Waals surface area contributed by atoms with Gasteiger partial charge in [-0.15, -0.1) is 6.08 Å². The summed E-state index contributed by atoms with van der Waals surface area (Å²) in [4.78, 5) is 9.47. The van der Waals surface area contributed by atoms with Crippen LogP contribution < -0.4 is 0 Å². The fourth-order valence-electron chi connectivity index (χ4n) is 7.49. The smallest absolute Gasteiger partial charge is 0.297 e. The van der Waals surface area contributed by atoms with Gasteiger partial charge in [0.1, 0.15) is 6.04 Å². The molecule has 10 heteroatoms. The highest BCUT2D eigenvalue weighted by Crippen LogP contribution is 2.40. The molecular formula is C37H38F6N4. The number of halogens is 6. The van der Waals surface area contributed by atoms with E-state index in [0.29, 0.717) is 47.4 Å². The van der Waals surface area contributed by atoms with Crippen molar-refractivity contribution in [2.24, 2.45) is 0 Å². The summed E-state index contributed by atoms with van der Waals surface area (Å²) >= 11 is 0. The molecule has 0 amide bonds. The molecule has 47 heavy (non-hydrogen) atoms. The fourth-order valence-corrected chi connectivity index (χ4v) is 7.49. The van der Waals surface area contributed by atoms with Crippen LogP contribution in [0.1, 0.15) is 59.2 Å². The average molecular weight is 653 g/mol. The molecule has 0 bridgehead atoms. The topological polar surface area (TPSA) is 22.4 Å². The van der Waals surface area contributed by atoms with Gasteiger partial charge < -0.3 is 0 Å². The number of aromatic nitrogens is 1. The number of rotatable bonds is 7. The van der Waals surface area contributed by atoms with E-state index in [9.17, 15) is 26.3 Å². The third kappa shape index (κ3) is 6.90. The van der Waals surface area contributed by atoms with Crippen LogP contribution in [0.15, 0.2) is 73.1 Å². The predicted molar refractivity (Wildman–Crippen MR) is 171 cm³/mol. The van der Waals surface area contributed by atoms with Crippen molar-refractivity contribution in [3.8, 4) is 11.1 Å². The van der Waals surface area contributed by atoms with Gasteiger partial charge in [-0.1, -0.05) is 36.4 Å². The van der Waals surface area contributed by atoms with Crippen molar-refractivity contribution in [2.45, 2.75) is 70.5 Å². The number of likely N-dealkylation sites (tertiary alicyclic amines) is 2. The zero-order valence-electron chi connectivity index (χ0n) is 26.5. The second-order valence-electron chi connectivity index (χ2n) is 12.8. The van der Waals surface area contributed by atoms with Crippen LogP contribution in [-0.4, -0.2) is 57.8 Å². The Bertz CT molecular complexity index is 1690. The van der Waals surface area contributed by atoms with Gasteiger partial charge in [-0.05, 0) is 98.6 Å². The molecule has 0 saturated carbocycles. The van der Waals surface area contributed by atoms with Crippen LogP contribution in [0.5, 0.6) is 0 Å². The molecule has 248 valence electrons. The summed E-state index contributed by atoms with van der Waals surface area (Å²) in [6.45, 7) is 10.6. The highest BCUT2D eigenvalue weighted by molar-refractivity contribution is 5.79. The van der Waals surface area contributed by atoms with Crippen molar-refractivity contribution in [3.63, 3.8) is 0 Å². The van der Waals surface area contributed by atoms with E-state index in [0.717, 1.165) is 62.6 Å². The van der Waals surface area contributed by atoms with E-state index >= 15 is 0 Å². The minimum Gasteiger partial charge on any atom is -0.297 e. The lowest BCUT2D eigenvalue weighted by atomic mass is 9.93. The van der Waals surface area contributed by atoms with Crippen molar-refractivity contribution in [2.75, 3.05) is 19.6 Å². The molecule has 2 saturated heterocycles. The first-order valence-corrected chi connectivity index (χ1v) is 15.9. The van der Waals surface area contributed by atoms with Gasteiger partial charge in [0.2, 0.25) is 0 Å². The van der Waals surface area contributed by atoms with Gasteiger partial charge in [0.05, 0.1) is 29.7 Å². The molecule has 2 aromatic carbocycles. The third-order valence-electron chi connectivity index (χ3n) is 9.68. The molecular weight excluding hydrogens is 614 g/mol. The molecule has 0 radical (unpaired) electrons. The van der Waals surface area contributed by atoms with Crippen LogP contribution in [0.2, 0.25) is 0 Å². The SMILES string of the molecule is C=[N+]1C=C(c2c(C)cccc2C(F)(F)F)C=C[C-]1CN1CCC[C@H]1[C@@H]1CCCN1Cc1ccc(-c2c(C)cccc2C(F)(F)F)cn1. The molecule has 4 nitrogen and oxygen atoms in total. The monoisotopic (exact) mass is 652 g/mol. The Kier molecular flexibility index (Phi) is 9.11. The number of hydrogen-bond acceptors (Lipinski definition) is 3. The van der Waals surface area contributed by atoms with Crippen LogP contribution in [0.25, 0.3) is 16.7 Å². The quantitative estimate of drug-likeness (QED) is 0.145. The summed E-state index contributed by atoms with van der Waals surface area (Å²) in [7, 11) is 0. The first-order valence-electron chi connectivity index (χ1n) is 15.9. The molecule has 0 unspecified atom stereocenters. The molecule has 3 aliphatic rings. The minimum absolute atomic E-state index is 0.162. The number of nitrogens with zero attached hydrogens (tertiary/aromatic N) is 4. The van der Waals surface area contributed by atoms with Gasteiger partial charge in [0.25, 0.3) is 0 Å². The van der Waals surface area contributed by atoms with E-state index in [4.69, 9.17) is 0 Å². The molecule has 0 spiro atoms. The number of hydrogen-bond donors (Lipinski definition) is 0. The molecule has 6 rings (SSSR count). The molecule has 1 aromatic heterocycles. The van der Waals surface area contributed by atoms with Crippen LogP contribution in [0.4, 0.5) is 26.3 Å². The standard InChI is InChI=1S/C37H38F6N4/c1-24-8-4-10-30(36(38,39)40)34(24)26-14-16-28(44-20-26)22-46-18-6-12-32(46)33-13-7-19-47(33)23-29-17-15-27(21-45(29)3)35-25(2)9-5-11-31(35)37(41,42)43/h4-5,8-11,14-17,20-21,32-33H,3,6-7,12-13,18-19,22-23H2,1-2H3/t32-,33-/m0/s1. The van der Waals surface area contributed by atoms with Crippen molar-refractivity contribution in [3.05, 3.63) is 113 Å². The minimum atomic E-state index is -4.46. The Morgan fingerprint density at radius 3 is 2.02 bits per heavy atom. The van der Waals surface area contributed by atoms with Crippen molar-refractivity contribution in [1.82, 2.24) is 14.8 Å². The van der Waals surface area contributed by atoms with Crippen LogP contribution >= 0.6 is 0 Å². The van der Waals surface area contributed by atoms with Crippen molar-refractivity contribution < 1.29 is 30.9 Å². The average Bonchev–Trinajstić information content (AvgIpc) is 3.66. The van der Waals surface area contributed by atoms with Crippen LogP contribution in [0.3, 0.4) is 0 Å². The lowest BCUT2D eigenvalue weighted by Gasteiger charge is -2.36. The maximum absolute atomic E-state index is 13.8. The fraction of sp³-hybridized carbons (Fsp3) is 0.378. The molecule has 0 aliphatic carbocycles. The summed E-state index contributed by atoms with van der Waals surface area (Å²) < 4.78 is 84.3. The Morgan fingerprint density at radius 1 is 0.830 bits per heavy atom. The lowest BCUT2D eigenvalue weighted by molar-refractivity contribution is -0.426. The number of benzene rings is 2. The largest absolute Gasteiger partial charge is 0.417 e. The Balaban J connectivity index is 1.13. The normalized spacial score (nSPS) is 21.1. The van der Waals surface area contributed by atoms with E-state index in [1.807, 2.05) is 12.1 Å². The summed E-state index contributed by atoms with van der Waals surface area (Å²) in [6, 6.07) is 13.5. The first-order chi connectivity index (χ1) is 22.3. The second kappa shape index (κ2) is 13.0. The van der Waals surface area contributed by atoms with E-state index in [1.165, 1.54) is 12.1 Å². The summed E-state index contributed by atoms with van der Waals surface area (Å²) in [5, 5.41) is 0. The van der Waals surface area contributed by atoms with Gasteiger partial charge in [-0.25, -0.2) is 0 Å². The number of aryl methyl sites for hydroxylation is 2. The van der Waals surface area contributed by atoms with Gasteiger partial charge in [0.15, 0.2) is 0 Å². The first kappa shape index (κ1) is 33.0. The van der Waals surface area contributed by atoms with E-state index in [1.54, 1.807) is 55.1 Å². The highest BCUT2D eigenvalue weighted by atomic mass is 19.4. The van der Waals surface area contributed by atoms with Gasteiger partial charge in [-0.3, -0.25) is 19.4 Å². The lowest BCUT2D eigenvalue weighted by Crippen LogP contribution is -2.47. The number of allylic oxidation sites excluding steroid dienone is 2. The molecule has 4 heterocycles. The van der Waals surface area contributed by atoms with Gasteiger partial charge in [-0.2, -0.15) is 26.3 Å². The van der Waals surface area contributed by atoms with E-state index in [-0.39, 0.29) is 11.1 Å². The Hall–Kier alpha value is -3.89. The molecule has 0 N–H and O–H groups in total.